The molecule has 14 heavy (non-hydrogen) atoms. The molecule has 1 amide bonds. The summed E-state index contributed by atoms with van der Waals surface area (Å²) in [6.45, 7) is 0.215. The number of carbonyl (C=O) groups is 1. The van der Waals surface area contributed by atoms with Crippen molar-refractivity contribution in [1.29, 1.82) is 0 Å². The van der Waals surface area contributed by atoms with Crippen LogP contribution >= 0.6 is 0 Å². The molecule has 0 unspecified atom stereocenters. The number of rotatable bonds is 4. The van der Waals surface area contributed by atoms with Gasteiger partial charge in [-0.1, -0.05) is 12.1 Å². The predicted molar refractivity (Wildman–Crippen MR) is 51.8 cm³/mol. The maximum absolute atomic E-state index is 10.3. The average Bonchev–Trinajstić information content (AvgIpc) is 2.17. The minimum Gasteiger partial charge on any atom is -0.508 e. The number of benzene rings is 1. The van der Waals surface area contributed by atoms with Crippen molar-refractivity contribution >= 4 is 6.41 Å². The molecule has 0 saturated heterocycles. The first-order valence-corrected chi connectivity index (χ1v) is 4.26. The van der Waals surface area contributed by atoms with E-state index in [4.69, 9.17) is 5.11 Å². The molecule has 4 heteroatoms. The molecular weight excluding hydrogens is 182 g/mol. The van der Waals surface area contributed by atoms with Crippen LogP contribution in [0.25, 0.3) is 0 Å². The standard InChI is InChI=1S/C10H13NO3/c1-11(7-12)6-10(14)8-3-2-4-9(13)5-8/h2-5,7,10,13-14H,6H2,1H3/t10-/m0/s1. The Kier molecular flexibility index (Phi) is 3.48. The van der Waals surface area contributed by atoms with Gasteiger partial charge >= 0.3 is 0 Å². The number of aliphatic hydroxyl groups excluding tert-OH is 1. The zero-order valence-electron chi connectivity index (χ0n) is 7.92. The number of aliphatic hydroxyl groups is 1. The maximum Gasteiger partial charge on any atom is 0.209 e. The lowest BCUT2D eigenvalue weighted by molar-refractivity contribution is -0.118. The van der Waals surface area contributed by atoms with E-state index in [1.165, 1.54) is 17.0 Å². The highest BCUT2D eigenvalue weighted by Crippen LogP contribution is 2.18. The van der Waals surface area contributed by atoms with Crippen molar-refractivity contribution in [1.82, 2.24) is 4.90 Å². The largest absolute Gasteiger partial charge is 0.508 e. The summed E-state index contributed by atoms with van der Waals surface area (Å²) in [5.74, 6) is 0.107. The lowest BCUT2D eigenvalue weighted by atomic mass is 10.1. The molecule has 0 bridgehead atoms. The van der Waals surface area contributed by atoms with Crippen molar-refractivity contribution in [3.05, 3.63) is 29.8 Å². The third-order valence-electron chi connectivity index (χ3n) is 1.90. The molecular formula is C10H13NO3. The van der Waals surface area contributed by atoms with Crippen LogP contribution in [-0.2, 0) is 4.79 Å². The molecule has 1 aromatic rings. The summed E-state index contributed by atoms with van der Waals surface area (Å²) in [4.78, 5) is 11.6. The Hall–Kier alpha value is -1.55. The highest BCUT2D eigenvalue weighted by molar-refractivity contribution is 5.46. The average molecular weight is 195 g/mol. The fraction of sp³-hybridized carbons (Fsp3) is 0.300. The molecule has 2 N–H and O–H groups in total. The summed E-state index contributed by atoms with van der Waals surface area (Å²) >= 11 is 0. The first-order chi connectivity index (χ1) is 6.63. The molecule has 0 radical (unpaired) electrons. The van der Waals surface area contributed by atoms with Gasteiger partial charge in [0.25, 0.3) is 0 Å². The van der Waals surface area contributed by atoms with Crippen LogP contribution in [-0.4, -0.2) is 35.1 Å². The molecule has 1 atom stereocenters. The maximum atomic E-state index is 10.3. The fourth-order valence-electron chi connectivity index (χ4n) is 1.15. The molecule has 0 aromatic heterocycles. The van der Waals surface area contributed by atoms with E-state index in [-0.39, 0.29) is 12.3 Å². The van der Waals surface area contributed by atoms with Gasteiger partial charge in [0.05, 0.1) is 12.6 Å². The van der Waals surface area contributed by atoms with Gasteiger partial charge in [-0.3, -0.25) is 4.79 Å². The SMILES string of the molecule is CN(C=O)C[C@H](O)c1cccc(O)c1. The quantitative estimate of drug-likeness (QED) is 0.688. The lowest BCUT2D eigenvalue weighted by Gasteiger charge is -2.16. The number of aromatic hydroxyl groups is 1. The van der Waals surface area contributed by atoms with Gasteiger partial charge in [-0.05, 0) is 17.7 Å². The fourth-order valence-corrected chi connectivity index (χ4v) is 1.15. The van der Waals surface area contributed by atoms with Crippen LogP contribution in [0.3, 0.4) is 0 Å². The Morgan fingerprint density at radius 2 is 2.29 bits per heavy atom. The summed E-state index contributed by atoms with van der Waals surface area (Å²) in [6, 6.07) is 6.35. The van der Waals surface area contributed by atoms with Gasteiger partial charge in [-0.2, -0.15) is 0 Å². The van der Waals surface area contributed by atoms with E-state index in [1.807, 2.05) is 0 Å². The van der Waals surface area contributed by atoms with E-state index in [9.17, 15) is 9.90 Å². The smallest absolute Gasteiger partial charge is 0.209 e. The van der Waals surface area contributed by atoms with E-state index in [2.05, 4.69) is 0 Å². The third kappa shape index (κ3) is 2.74. The number of hydrogen-bond donors (Lipinski definition) is 2. The highest BCUT2D eigenvalue weighted by Gasteiger charge is 2.09. The Morgan fingerprint density at radius 3 is 2.86 bits per heavy atom. The van der Waals surface area contributed by atoms with Crippen LogP contribution in [0.15, 0.2) is 24.3 Å². The second kappa shape index (κ2) is 4.62. The van der Waals surface area contributed by atoms with Crippen LogP contribution in [0.2, 0.25) is 0 Å². The van der Waals surface area contributed by atoms with E-state index in [1.54, 1.807) is 19.2 Å². The number of amides is 1. The Balaban J connectivity index is 2.69. The Labute approximate surface area is 82.4 Å². The van der Waals surface area contributed by atoms with Gasteiger partial charge in [-0.15, -0.1) is 0 Å². The zero-order chi connectivity index (χ0) is 10.6. The second-order valence-electron chi connectivity index (χ2n) is 3.16. The van der Waals surface area contributed by atoms with Crippen LogP contribution in [0.1, 0.15) is 11.7 Å². The monoisotopic (exact) mass is 195 g/mol. The van der Waals surface area contributed by atoms with Crippen molar-refractivity contribution in [3.63, 3.8) is 0 Å². The normalized spacial score (nSPS) is 12.1. The second-order valence-corrected chi connectivity index (χ2v) is 3.16. The van der Waals surface area contributed by atoms with Crippen LogP contribution in [0, 0.1) is 0 Å². The van der Waals surface area contributed by atoms with Crippen molar-refractivity contribution < 1.29 is 15.0 Å². The molecule has 0 aliphatic heterocycles. The van der Waals surface area contributed by atoms with Gasteiger partial charge in [0.1, 0.15) is 5.75 Å². The van der Waals surface area contributed by atoms with Gasteiger partial charge in [-0.25, -0.2) is 0 Å². The topological polar surface area (TPSA) is 60.8 Å². The number of phenols is 1. The van der Waals surface area contributed by atoms with E-state index in [0.717, 1.165) is 0 Å². The summed E-state index contributed by atoms with van der Waals surface area (Å²) < 4.78 is 0. The minimum atomic E-state index is -0.766. The number of nitrogens with zero attached hydrogens (tertiary/aromatic N) is 1. The lowest BCUT2D eigenvalue weighted by Crippen LogP contribution is -2.22. The number of hydrogen-bond acceptors (Lipinski definition) is 3. The predicted octanol–water partition coefficient (Wildman–Crippen LogP) is 0.514. The Morgan fingerprint density at radius 1 is 1.57 bits per heavy atom. The van der Waals surface area contributed by atoms with Crippen molar-refractivity contribution in [2.24, 2.45) is 0 Å². The van der Waals surface area contributed by atoms with Gasteiger partial charge in [0.15, 0.2) is 0 Å². The molecule has 4 nitrogen and oxygen atoms in total. The van der Waals surface area contributed by atoms with Crippen molar-refractivity contribution in [2.45, 2.75) is 6.10 Å². The zero-order valence-corrected chi connectivity index (χ0v) is 7.92. The molecule has 0 aliphatic carbocycles. The number of likely N-dealkylation sites (N-methyl/N-ethyl adjacent to an activating group) is 1. The molecule has 1 aromatic carbocycles. The number of carbonyl (C=O) groups excluding carboxylic acids is 1. The number of phenolic OH excluding ortho intramolecular Hbond substituents is 1. The summed E-state index contributed by atoms with van der Waals surface area (Å²) in [5.41, 5.74) is 0.596. The third-order valence-corrected chi connectivity index (χ3v) is 1.90. The first kappa shape index (κ1) is 10.5. The first-order valence-electron chi connectivity index (χ1n) is 4.26. The molecule has 0 saturated carbocycles. The van der Waals surface area contributed by atoms with Gasteiger partial charge in [0, 0.05) is 7.05 Å². The van der Waals surface area contributed by atoms with E-state index < -0.39 is 6.10 Å². The highest BCUT2D eigenvalue weighted by atomic mass is 16.3. The molecule has 0 heterocycles. The van der Waals surface area contributed by atoms with Crippen LogP contribution < -0.4 is 0 Å². The molecule has 0 spiro atoms. The van der Waals surface area contributed by atoms with E-state index >= 15 is 0 Å². The van der Waals surface area contributed by atoms with Crippen molar-refractivity contribution in [3.8, 4) is 5.75 Å². The summed E-state index contributed by atoms with van der Waals surface area (Å²) in [5, 5.41) is 18.8. The minimum absolute atomic E-state index is 0.107. The van der Waals surface area contributed by atoms with Crippen molar-refractivity contribution in [2.75, 3.05) is 13.6 Å². The van der Waals surface area contributed by atoms with Crippen LogP contribution in [0.5, 0.6) is 5.75 Å². The Bertz CT molecular complexity index is 314. The summed E-state index contributed by atoms with van der Waals surface area (Å²) in [7, 11) is 1.58. The molecule has 0 aliphatic rings. The van der Waals surface area contributed by atoms with Crippen LogP contribution in [0.4, 0.5) is 0 Å². The summed E-state index contributed by atoms with van der Waals surface area (Å²) in [6.07, 6.45) is -0.122. The molecule has 76 valence electrons. The van der Waals surface area contributed by atoms with Gasteiger partial charge in [0.2, 0.25) is 6.41 Å². The van der Waals surface area contributed by atoms with E-state index in [0.29, 0.717) is 12.0 Å². The van der Waals surface area contributed by atoms with Gasteiger partial charge < -0.3 is 15.1 Å². The molecule has 1 rings (SSSR count). The molecule has 0 fully saturated rings.